The number of rotatable bonds is 11. The van der Waals surface area contributed by atoms with Crippen LogP contribution in [0.2, 0.25) is 0 Å². The zero-order chi connectivity index (χ0) is 21.2. The first kappa shape index (κ1) is 22.2. The summed E-state index contributed by atoms with van der Waals surface area (Å²) in [5, 5.41) is 0. The summed E-state index contributed by atoms with van der Waals surface area (Å²) in [7, 11) is 1.50. The van der Waals surface area contributed by atoms with Crippen LogP contribution in [0, 0.1) is 0 Å². The molecule has 0 atom stereocenters. The standard InChI is InChI=1S/C20H28N4O5/c1-3-11-24-18(21)17(19(26)22-20(24)27)23(12-14-28-2)16(25)10-7-13-29-15-8-5-4-6-9-15/h4-6,8-9H,3,7,10-14,21H2,1-2H3,(H,22,26,27). The van der Waals surface area contributed by atoms with Crippen molar-refractivity contribution in [2.75, 3.05) is 37.5 Å². The Morgan fingerprint density at radius 2 is 1.93 bits per heavy atom. The van der Waals surface area contributed by atoms with Crippen LogP contribution in [0.15, 0.2) is 39.9 Å². The highest BCUT2D eigenvalue weighted by molar-refractivity contribution is 5.95. The van der Waals surface area contributed by atoms with E-state index in [4.69, 9.17) is 15.2 Å². The van der Waals surface area contributed by atoms with Crippen LogP contribution < -0.4 is 26.6 Å². The van der Waals surface area contributed by atoms with Crippen molar-refractivity contribution in [3.8, 4) is 5.75 Å². The fourth-order valence-electron chi connectivity index (χ4n) is 2.89. The maximum atomic E-state index is 12.8. The molecule has 9 nitrogen and oxygen atoms in total. The first-order valence-corrected chi connectivity index (χ1v) is 9.59. The van der Waals surface area contributed by atoms with Crippen molar-refractivity contribution < 1.29 is 14.3 Å². The maximum absolute atomic E-state index is 12.8. The Morgan fingerprint density at radius 3 is 2.59 bits per heavy atom. The van der Waals surface area contributed by atoms with E-state index < -0.39 is 11.2 Å². The second-order valence-corrected chi connectivity index (χ2v) is 6.45. The van der Waals surface area contributed by atoms with Gasteiger partial charge in [-0.3, -0.25) is 19.1 Å². The number of anilines is 2. The third-order valence-electron chi connectivity index (χ3n) is 4.30. The van der Waals surface area contributed by atoms with Crippen LogP contribution >= 0.6 is 0 Å². The summed E-state index contributed by atoms with van der Waals surface area (Å²) in [5.74, 6) is 0.409. The Morgan fingerprint density at radius 1 is 1.21 bits per heavy atom. The number of para-hydroxylation sites is 1. The van der Waals surface area contributed by atoms with Gasteiger partial charge in [-0.2, -0.15) is 0 Å². The number of nitrogens with two attached hydrogens (primary N) is 1. The van der Waals surface area contributed by atoms with Crippen LogP contribution in [-0.2, 0) is 16.1 Å². The van der Waals surface area contributed by atoms with Gasteiger partial charge in [0.15, 0.2) is 5.69 Å². The number of methoxy groups -OCH3 is 1. The van der Waals surface area contributed by atoms with Gasteiger partial charge in [0, 0.05) is 26.6 Å². The molecule has 158 valence electrons. The van der Waals surface area contributed by atoms with Gasteiger partial charge in [-0.15, -0.1) is 0 Å². The van der Waals surface area contributed by atoms with Crippen molar-refractivity contribution in [2.24, 2.45) is 0 Å². The fourth-order valence-corrected chi connectivity index (χ4v) is 2.89. The number of hydrogen-bond donors (Lipinski definition) is 2. The van der Waals surface area contributed by atoms with Gasteiger partial charge in [-0.05, 0) is 25.0 Å². The third kappa shape index (κ3) is 5.95. The monoisotopic (exact) mass is 404 g/mol. The smallest absolute Gasteiger partial charge is 0.330 e. The molecule has 1 amide bonds. The van der Waals surface area contributed by atoms with Crippen LogP contribution in [-0.4, -0.2) is 42.3 Å². The minimum absolute atomic E-state index is 0.0226. The quantitative estimate of drug-likeness (QED) is 0.546. The molecule has 0 aliphatic carbocycles. The van der Waals surface area contributed by atoms with Crippen LogP contribution in [0.4, 0.5) is 11.5 Å². The van der Waals surface area contributed by atoms with Crippen LogP contribution in [0.25, 0.3) is 0 Å². The molecule has 0 unspecified atom stereocenters. The number of carbonyl (C=O) groups is 1. The number of nitrogens with one attached hydrogen (secondary N) is 1. The summed E-state index contributed by atoms with van der Waals surface area (Å²) < 4.78 is 11.9. The lowest BCUT2D eigenvalue weighted by Gasteiger charge is -2.24. The summed E-state index contributed by atoms with van der Waals surface area (Å²) in [6.07, 6.45) is 1.27. The Kier molecular flexibility index (Phi) is 8.47. The second kappa shape index (κ2) is 11.1. The molecular weight excluding hydrogens is 376 g/mol. The number of benzene rings is 1. The molecule has 0 saturated heterocycles. The predicted molar refractivity (Wildman–Crippen MR) is 111 cm³/mol. The van der Waals surface area contributed by atoms with Gasteiger partial charge in [-0.1, -0.05) is 25.1 Å². The van der Waals surface area contributed by atoms with Crippen molar-refractivity contribution in [2.45, 2.75) is 32.7 Å². The number of H-pyrrole nitrogens is 1. The van der Waals surface area contributed by atoms with Crippen LogP contribution in [0.3, 0.4) is 0 Å². The fraction of sp³-hybridized carbons (Fsp3) is 0.450. The Hall–Kier alpha value is -3.07. The molecule has 1 aromatic heterocycles. The largest absolute Gasteiger partial charge is 0.494 e. The topological polar surface area (TPSA) is 120 Å². The van der Waals surface area contributed by atoms with E-state index in [1.807, 2.05) is 37.3 Å². The number of aromatic nitrogens is 2. The highest BCUT2D eigenvalue weighted by atomic mass is 16.5. The number of carbonyl (C=O) groups excluding carboxylic acids is 1. The third-order valence-corrected chi connectivity index (χ3v) is 4.30. The van der Waals surface area contributed by atoms with E-state index in [-0.39, 0.29) is 37.0 Å². The van der Waals surface area contributed by atoms with Crippen molar-refractivity contribution >= 4 is 17.4 Å². The number of aromatic amines is 1. The van der Waals surface area contributed by atoms with Gasteiger partial charge in [0.1, 0.15) is 11.6 Å². The van der Waals surface area contributed by atoms with E-state index in [1.54, 1.807) is 0 Å². The van der Waals surface area contributed by atoms with Gasteiger partial charge < -0.3 is 20.1 Å². The Labute approximate surface area is 169 Å². The molecule has 1 heterocycles. The number of amides is 1. The zero-order valence-corrected chi connectivity index (χ0v) is 16.8. The minimum Gasteiger partial charge on any atom is -0.494 e. The average molecular weight is 404 g/mol. The number of hydrogen-bond acceptors (Lipinski definition) is 6. The molecule has 0 bridgehead atoms. The lowest BCUT2D eigenvalue weighted by atomic mass is 10.2. The van der Waals surface area contributed by atoms with Crippen molar-refractivity contribution in [1.82, 2.24) is 9.55 Å². The highest BCUT2D eigenvalue weighted by Gasteiger charge is 2.23. The van der Waals surface area contributed by atoms with Gasteiger partial charge in [0.25, 0.3) is 5.56 Å². The average Bonchev–Trinajstić information content (AvgIpc) is 2.71. The van der Waals surface area contributed by atoms with Gasteiger partial charge >= 0.3 is 5.69 Å². The molecule has 3 N–H and O–H groups in total. The van der Waals surface area contributed by atoms with Crippen LogP contribution in [0.5, 0.6) is 5.75 Å². The van der Waals surface area contributed by atoms with Crippen LogP contribution in [0.1, 0.15) is 26.2 Å². The minimum atomic E-state index is -0.690. The Balaban J connectivity index is 2.16. The van der Waals surface area contributed by atoms with E-state index >= 15 is 0 Å². The normalized spacial score (nSPS) is 10.7. The first-order valence-electron chi connectivity index (χ1n) is 9.59. The van der Waals surface area contributed by atoms with E-state index in [0.717, 1.165) is 5.75 Å². The number of nitrogen functional groups attached to an aromatic ring is 1. The molecular formula is C20H28N4O5. The Bertz CT molecular complexity index is 907. The molecule has 0 aliphatic heterocycles. The van der Waals surface area contributed by atoms with Gasteiger partial charge in [-0.25, -0.2) is 4.79 Å². The summed E-state index contributed by atoms with van der Waals surface area (Å²) in [6.45, 7) is 2.95. The van der Waals surface area contributed by atoms with Crippen molar-refractivity contribution in [3.63, 3.8) is 0 Å². The summed E-state index contributed by atoms with van der Waals surface area (Å²) >= 11 is 0. The number of ether oxygens (including phenoxy) is 2. The van der Waals surface area contributed by atoms with E-state index in [9.17, 15) is 14.4 Å². The molecule has 29 heavy (non-hydrogen) atoms. The first-order chi connectivity index (χ1) is 14.0. The molecule has 0 saturated carbocycles. The predicted octanol–water partition coefficient (Wildman–Crippen LogP) is 1.37. The molecule has 9 heteroatoms. The second-order valence-electron chi connectivity index (χ2n) is 6.45. The highest BCUT2D eigenvalue weighted by Crippen LogP contribution is 2.18. The SMILES string of the molecule is CCCn1c(N)c(N(CCOC)C(=O)CCCOc2ccccc2)c(=O)[nH]c1=O. The number of nitrogens with zero attached hydrogens (tertiary/aromatic N) is 2. The van der Waals surface area contributed by atoms with E-state index in [1.165, 1.54) is 16.6 Å². The summed E-state index contributed by atoms with van der Waals surface area (Å²) in [5.41, 5.74) is 4.79. The van der Waals surface area contributed by atoms with Crippen molar-refractivity contribution in [1.29, 1.82) is 0 Å². The van der Waals surface area contributed by atoms with E-state index in [2.05, 4.69) is 4.98 Å². The van der Waals surface area contributed by atoms with Crippen molar-refractivity contribution in [3.05, 3.63) is 51.2 Å². The zero-order valence-electron chi connectivity index (χ0n) is 16.8. The van der Waals surface area contributed by atoms with E-state index in [0.29, 0.717) is 26.0 Å². The molecule has 0 radical (unpaired) electrons. The van der Waals surface area contributed by atoms with Gasteiger partial charge in [0.05, 0.1) is 13.2 Å². The molecule has 0 spiro atoms. The van der Waals surface area contributed by atoms with Gasteiger partial charge in [0.2, 0.25) is 5.91 Å². The molecule has 2 aromatic rings. The summed E-state index contributed by atoms with van der Waals surface area (Å²) in [4.78, 5) is 40.8. The summed E-state index contributed by atoms with van der Waals surface area (Å²) in [6, 6.07) is 9.30. The lowest BCUT2D eigenvalue weighted by molar-refractivity contribution is -0.119. The maximum Gasteiger partial charge on any atom is 0.330 e. The molecule has 1 aromatic carbocycles. The molecule has 0 fully saturated rings. The molecule has 2 rings (SSSR count). The molecule has 0 aliphatic rings. The lowest BCUT2D eigenvalue weighted by Crippen LogP contribution is -2.42.